The molecule has 0 aliphatic carbocycles. The summed E-state index contributed by atoms with van der Waals surface area (Å²) in [4.78, 5) is 4.11. The molecule has 1 aromatic heterocycles. The van der Waals surface area contributed by atoms with Gasteiger partial charge in [0.1, 0.15) is 0 Å². The molecule has 1 unspecified atom stereocenters. The van der Waals surface area contributed by atoms with Crippen molar-refractivity contribution < 1.29 is 4.74 Å². The second kappa shape index (κ2) is 9.89. The summed E-state index contributed by atoms with van der Waals surface area (Å²) in [7, 11) is 0. The van der Waals surface area contributed by atoms with Crippen LogP contribution >= 0.6 is 0 Å². The molecule has 2 aromatic carbocycles. The molecule has 1 atom stereocenters. The average molecular weight is 361 g/mol. The smallest absolute Gasteiger partial charge is 0.0945 e. The van der Waals surface area contributed by atoms with Crippen molar-refractivity contribution in [2.45, 2.75) is 39.3 Å². The van der Waals surface area contributed by atoms with Crippen molar-refractivity contribution in [1.82, 2.24) is 9.55 Å². The van der Waals surface area contributed by atoms with Crippen LogP contribution in [0.1, 0.15) is 41.2 Å². The van der Waals surface area contributed by atoms with E-state index in [0.29, 0.717) is 6.61 Å². The lowest BCUT2D eigenvalue weighted by atomic mass is 9.98. The van der Waals surface area contributed by atoms with Gasteiger partial charge in [0.25, 0.3) is 0 Å². The van der Waals surface area contributed by atoms with Crippen LogP contribution in [0.3, 0.4) is 0 Å². The van der Waals surface area contributed by atoms with E-state index in [1.165, 1.54) is 22.3 Å². The van der Waals surface area contributed by atoms with E-state index < -0.39 is 0 Å². The van der Waals surface area contributed by atoms with Gasteiger partial charge >= 0.3 is 0 Å². The number of benzene rings is 2. The maximum atomic E-state index is 6.28. The number of hydrogen-bond donors (Lipinski definition) is 0. The van der Waals surface area contributed by atoms with Crippen molar-refractivity contribution in [1.29, 1.82) is 0 Å². The zero-order valence-electron chi connectivity index (χ0n) is 16.2. The predicted octanol–water partition coefficient (Wildman–Crippen LogP) is 5.75. The largest absolute Gasteiger partial charge is 0.369 e. The monoisotopic (exact) mass is 360 g/mol. The van der Waals surface area contributed by atoms with Gasteiger partial charge in [-0.25, -0.2) is 4.98 Å². The fourth-order valence-electron chi connectivity index (χ4n) is 3.31. The Labute approximate surface area is 162 Å². The lowest BCUT2D eigenvalue weighted by Crippen LogP contribution is -2.08. The number of rotatable bonds is 9. The Kier molecular flexibility index (Phi) is 7.00. The molecular formula is C24H28N2O. The summed E-state index contributed by atoms with van der Waals surface area (Å²) >= 11 is 0. The Hall–Kier alpha value is -2.65. The standard InChI is InChI=1S/C24H28N2O/c1-20-12-13-23(21(2)18-20)24(11-6-15-26-16-14-25-19-26)27-17-7-10-22-8-4-3-5-9-22/h3-5,7-10,12-14,16,18-19,24H,6,11,15,17H2,1-2H3/b10-7+. The Morgan fingerprint density at radius 1 is 1.11 bits per heavy atom. The molecule has 0 amide bonds. The lowest BCUT2D eigenvalue weighted by molar-refractivity contribution is 0.0647. The van der Waals surface area contributed by atoms with E-state index in [-0.39, 0.29) is 6.10 Å². The fourth-order valence-corrected chi connectivity index (χ4v) is 3.31. The van der Waals surface area contributed by atoms with E-state index in [4.69, 9.17) is 4.74 Å². The number of hydrogen-bond acceptors (Lipinski definition) is 2. The van der Waals surface area contributed by atoms with Crippen molar-refractivity contribution >= 4 is 6.08 Å². The van der Waals surface area contributed by atoms with Gasteiger partial charge in [-0.3, -0.25) is 0 Å². The molecule has 3 nitrogen and oxygen atoms in total. The molecule has 3 aromatic rings. The minimum Gasteiger partial charge on any atom is -0.369 e. The Morgan fingerprint density at radius 2 is 1.96 bits per heavy atom. The molecule has 0 radical (unpaired) electrons. The first-order chi connectivity index (χ1) is 13.2. The van der Waals surface area contributed by atoms with Gasteiger partial charge in [-0.2, -0.15) is 0 Å². The summed E-state index contributed by atoms with van der Waals surface area (Å²) in [6, 6.07) is 17.0. The van der Waals surface area contributed by atoms with Gasteiger partial charge in [-0.05, 0) is 43.4 Å². The molecule has 0 saturated heterocycles. The number of aromatic nitrogens is 2. The maximum absolute atomic E-state index is 6.28. The first-order valence-electron chi connectivity index (χ1n) is 9.58. The van der Waals surface area contributed by atoms with Gasteiger partial charge in [0.2, 0.25) is 0 Å². The highest BCUT2D eigenvalue weighted by Crippen LogP contribution is 2.27. The lowest BCUT2D eigenvalue weighted by Gasteiger charge is -2.20. The van der Waals surface area contributed by atoms with Crippen LogP contribution in [0.5, 0.6) is 0 Å². The Balaban J connectivity index is 1.62. The van der Waals surface area contributed by atoms with Crippen molar-refractivity contribution in [2.75, 3.05) is 6.61 Å². The molecule has 3 heteroatoms. The van der Waals surface area contributed by atoms with Gasteiger partial charge in [-0.15, -0.1) is 0 Å². The number of aryl methyl sites for hydroxylation is 3. The normalized spacial score (nSPS) is 12.5. The molecule has 0 aliphatic heterocycles. The highest BCUT2D eigenvalue weighted by Gasteiger charge is 2.14. The fraction of sp³-hybridized carbons (Fsp3) is 0.292. The minimum atomic E-state index is 0.106. The van der Waals surface area contributed by atoms with Crippen molar-refractivity contribution in [3.8, 4) is 0 Å². The first kappa shape index (κ1) is 19.1. The number of ether oxygens (including phenoxy) is 1. The highest BCUT2D eigenvalue weighted by atomic mass is 16.5. The Bertz CT molecular complexity index is 838. The van der Waals surface area contributed by atoms with Crippen LogP contribution in [0, 0.1) is 13.8 Å². The maximum Gasteiger partial charge on any atom is 0.0945 e. The SMILES string of the molecule is Cc1ccc(C(CCCn2ccnc2)OC/C=C/c2ccccc2)c(C)c1. The third kappa shape index (κ3) is 5.93. The van der Waals surface area contributed by atoms with Crippen LogP contribution in [-0.2, 0) is 11.3 Å². The molecule has 0 aliphatic rings. The van der Waals surface area contributed by atoms with Crippen LogP contribution in [0.4, 0.5) is 0 Å². The van der Waals surface area contributed by atoms with E-state index in [9.17, 15) is 0 Å². The first-order valence-corrected chi connectivity index (χ1v) is 9.58. The molecule has 3 rings (SSSR count). The molecule has 140 valence electrons. The van der Waals surface area contributed by atoms with Crippen molar-refractivity contribution in [2.24, 2.45) is 0 Å². The van der Waals surface area contributed by atoms with Crippen LogP contribution < -0.4 is 0 Å². The molecule has 27 heavy (non-hydrogen) atoms. The predicted molar refractivity (Wildman–Crippen MR) is 112 cm³/mol. The zero-order chi connectivity index (χ0) is 18.9. The average Bonchev–Trinajstić information content (AvgIpc) is 3.18. The summed E-state index contributed by atoms with van der Waals surface area (Å²) in [5, 5.41) is 0. The van der Waals surface area contributed by atoms with E-state index in [1.807, 2.05) is 24.8 Å². The van der Waals surface area contributed by atoms with E-state index in [0.717, 1.165) is 19.4 Å². The molecule has 0 spiro atoms. The van der Waals surface area contributed by atoms with E-state index >= 15 is 0 Å². The minimum absolute atomic E-state index is 0.106. The molecule has 0 saturated carbocycles. The molecule has 1 heterocycles. The number of imidazole rings is 1. The summed E-state index contributed by atoms with van der Waals surface area (Å²) in [6.07, 6.45) is 12.1. The topological polar surface area (TPSA) is 27.1 Å². The van der Waals surface area contributed by atoms with Gasteiger partial charge in [-0.1, -0.05) is 66.2 Å². The summed E-state index contributed by atoms with van der Waals surface area (Å²) in [6.45, 7) is 5.88. The summed E-state index contributed by atoms with van der Waals surface area (Å²) in [5.41, 5.74) is 5.08. The third-order valence-corrected chi connectivity index (χ3v) is 4.72. The summed E-state index contributed by atoms with van der Waals surface area (Å²) in [5.74, 6) is 0. The van der Waals surface area contributed by atoms with Crippen LogP contribution in [0.25, 0.3) is 6.08 Å². The molecule has 0 fully saturated rings. The highest BCUT2D eigenvalue weighted by molar-refractivity contribution is 5.48. The molecule has 0 N–H and O–H groups in total. The Morgan fingerprint density at radius 3 is 2.70 bits per heavy atom. The van der Waals surface area contributed by atoms with Crippen LogP contribution in [0.15, 0.2) is 73.3 Å². The number of nitrogens with zero attached hydrogens (tertiary/aromatic N) is 2. The van der Waals surface area contributed by atoms with Crippen LogP contribution in [-0.4, -0.2) is 16.2 Å². The van der Waals surface area contributed by atoms with Gasteiger partial charge < -0.3 is 9.30 Å². The van der Waals surface area contributed by atoms with Crippen molar-refractivity contribution in [3.05, 3.63) is 95.6 Å². The second-order valence-electron chi connectivity index (χ2n) is 6.94. The zero-order valence-corrected chi connectivity index (χ0v) is 16.2. The van der Waals surface area contributed by atoms with Gasteiger partial charge in [0.05, 0.1) is 19.0 Å². The van der Waals surface area contributed by atoms with E-state index in [2.05, 4.69) is 78.0 Å². The molecule has 0 bridgehead atoms. The van der Waals surface area contributed by atoms with Gasteiger partial charge in [0.15, 0.2) is 0 Å². The molecular weight excluding hydrogens is 332 g/mol. The van der Waals surface area contributed by atoms with Crippen molar-refractivity contribution in [3.63, 3.8) is 0 Å². The van der Waals surface area contributed by atoms with Crippen LogP contribution in [0.2, 0.25) is 0 Å². The third-order valence-electron chi connectivity index (χ3n) is 4.72. The van der Waals surface area contributed by atoms with E-state index in [1.54, 1.807) is 0 Å². The second-order valence-corrected chi connectivity index (χ2v) is 6.94. The quantitative estimate of drug-likeness (QED) is 0.486. The summed E-state index contributed by atoms with van der Waals surface area (Å²) < 4.78 is 8.40. The van der Waals surface area contributed by atoms with Gasteiger partial charge in [0, 0.05) is 18.9 Å².